The predicted molar refractivity (Wildman–Crippen MR) is 127 cm³/mol. The molecule has 7 nitrogen and oxygen atoms in total. The average Bonchev–Trinajstić information content (AvgIpc) is 3.40. The highest BCUT2D eigenvalue weighted by molar-refractivity contribution is 7.10. The van der Waals surface area contributed by atoms with E-state index in [1.165, 1.54) is 21.3 Å². The Bertz CT molecular complexity index is 1120. The molecule has 0 N–H and O–H groups in total. The summed E-state index contributed by atoms with van der Waals surface area (Å²) in [6, 6.07) is 11.2. The van der Waals surface area contributed by atoms with Crippen LogP contribution in [-0.2, 0) is 6.42 Å². The van der Waals surface area contributed by atoms with E-state index in [4.69, 9.17) is 23.7 Å². The molecule has 2 aromatic carbocycles. The van der Waals surface area contributed by atoms with Crippen molar-refractivity contribution >= 4 is 17.2 Å². The monoisotopic (exact) mass is 469 g/mol. The van der Waals surface area contributed by atoms with Gasteiger partial charge in [-0.25, -0.2) is 0 Å². The van der Waals surface area contributed by atoms with Crippen molar-refractivity contribution in [3.63, 3.8) is 0 Å². The Hall–Kier alpha value is -3.39. The molecule has 0 saturated carbocycles. The van der Waals surface area contributed by atoms with Gasteiger partial charge in [-0.05, 0) is 53.3 Å². The summed E-state index contributed by atoms with van der Waals surface area (Å²) in [6.45, 7) is 0.556. The lowest BCUT2D eigenvalue weighted by Crippen LogP contribution is -2.40. The first-order valence-electron chi connectivity index (χ1n) is 10.4. The normalized spacial score (nSPS) is 14.9. The van der Waals surface area contributed by atoms with Crippen LogP contribution in [-0.4, -0.2) is 52.9 Å². The number of methoxy groups -OCH3 is 5. The van der Waals surface area contributed by atoms with Gasteiger partial charge >= 0.3 is 0 Å². The second-order valence-electron chi connectivity index (χ2n) is 7.49. The molecule has 8 heteroatoms. The molecule has 0 bridgehead atoms. The Kier molecular flexibility index (Phi) is 6.65. The minimum atomic E-state index is -0.250. The van der Waals surface area contributed by atoms with Crippen molar-refractivity contribution in [1.82, 2.24) is 4.90 Å². The quantitative estimate of drug-likeness (QED) is 0.505. The van der Waals surface area contributed by atoms with Crippen molar-refractivity contribution in [3.8, 4) is 28.7 Å². The molecular weight excluding hydrogens is 442 g/mol. The molecule has 1 amide bonds. The first-order valence-corrected chi connectivity index (χ1v) is 11.3. The summed E-state index contributed by atoms with van der Waals surface area (Å²) in [4.78, 5) is 16.8. The second kappa shape index (κ2) is 9.62. The van der Waals surface area contributed by atoms with E-state index >= 15 is 0 Å². The molecule has 4 rings (SSSR count). The summed E-state index contributed by atoms with van der Waals surface area (Å²) >= 11 is 1.62. The summed E-state index contributed by atoms with van der Waals surface area (Å²) in [5, 5.41) is 2.02. The summed E-state index contributed by atoms with van der Waals surface area (Å²) in [7, 11) is 7.86. The largest absolute Gasteiger partial charge is 0.493 e. The highest BCUT2D eigenvalue weighted by Crippen LogP contribution is 2.44. The maximum absolute atomic E-state index is 13.9. The molecule has 2 heterocycles. The molecule has 0 unspecified atom stereocenters. The number of amides is 1. The molecule has 1 aliphatic rings. The number of hydrogen-bond donors (Lipinski definition) is 0. The number of ether oxygens (including phenoxy) is 5. The summed E-state index contributed by atoms with van der Waals surface area (Å²) in [6.07, 6.45) is 0.702. The minimum Gasteiger partial charge on any atom is -0.493 e. The number of rotatable bonds is 7. The van der Waals surface area contributed by atoms with E-state index in [2.05, 4.69) is 6.07 Å². The molecule has 0 spiro atoms. The first-order chi connectivity index (χ1) is 16.1. The average molecular weight is 470 g/mol. The van der Waals surface area contributed by atoms with E-state index in [9.17, 15) is 4.79 Å². The molecule has 1 atom stereocenters. The van der Waals surface area contributed by atoms with Crippen LogP contribution in [0, 0.1) is 0 Å². The van der Waals surface area contributed by atoms with Gasteiger partial charge < -0.3 is 28.6 Å². The number of fused-ring (bicyclic) bond motifs is 1. The van der Waals surface area contributed by atoms with Crippen LogP contribution < -0.4 is 23.7 Å². The van der Waals surface area contributed by atoms with Crippen LogP contribution in [0.2, 0.25) is 0 Å². The van der Waals surface area contributed by atoms with Crippen LogP contribution in [0.15, 0.2) is 41.8 Å². The molecule has 0 fully saturated rings. The van der Waals surface area contributed by atoms with Gasteiger partial charge in [0.15, 0.2) is 23.0 Å². The van der Waals surface area contributed by atoms with Gasteiger partial charge in [0.25, 0.3) is 5.91 Å². The molecule has 0 aliphatic carbocycles. The van der Waals surface area contributed by atoms with E-state index in [-0.39, 0.29) is 11.9 Å². The Balaban J connectivity index is 1.82. The summed E-state index contributed by atoms with van der Waals surface area (Å²) in [5.41, 5.74) is 2.64. The van der Waals surface area contributed by atoms with E-state index < -0.39 is 0 Å². The topological polar surface area (TPSA) is 66.5 Å². The Labute approximate surface area is 197 Å². The van der Waals surface area contributed by atoms with Crippen LogP contribution in [0.3, 0.4) is 0 Å². The zero-order chi connectivity index (χ0) is 23.5. The van der Waals surface area contributed by atoms with Crippen LogP contribution in [0.1, 0.15) is 32.4 Å². The Morgan fingerprint density at radius 3 is 2.06 bits per heavy atom. The van der Waals surface area contributed by atoms with Gasteiger partial charge in [0, 0.05) is 17.0 Å². The van der Waals surface area contributed by atoms with E-state index in [0.29, 0.717) is 47.3 Å². The number of carbonyl (C=O) groups is 1. The molecule has 0 radical (unpaired) electrons. The molecule has 1 aromatic heterocycles. The molecule has 1 aliphatic heterocycles. The number of hydrogen-bond acceptors (Lipinski definition) is 7. The fourth-order valence-electron chi connectivity index (χ4n) is 4.29. The molecule has 0 saturated heterocycles. The Morgan fingerprint density at radius 2 is 1.52 bits per heavy atom. The minimum absolute atomic E-state index is 0.118. The fourth-order valence-corrected chi connectivity index (χ4v) is 5.14. The van der Waals surface area contributed by atoms with Crippen molar-refractivity contribution in [3.05, 3.63) is 63.3 Å². The number of carbonyl (C=O) groups excluding carboxylic acids is 1. The van der Waals surface area contributed by atoms with Crippen molar-refractivity contribution in [2.45, 2.75) is 12.5 Å². The van der Waals surface area contributed by atoms with Gasteiger partial charge in [0.05, 0.1) is 41.6 Å². The van der Waals surface area contributed by atoms with Crippen LogP contribution in [0.4, 0.5) is 0 Å². The van der Waals surface area contributed by atoms with Crippen LogP contribution in [0.25, 0.3) is 0 Å². The maximum Gasteiger partial charge on any atom is 0.254 e. The second-order valence-corrected chi connectivity index (χ2v) is 8.47. The smallest absolute Gasteiger partial charge is 0.254 e. The third kappa shape index (κ3) is 4.06. The van der Waals surface area contributed by atoms with Crippen molar-refractivity contribution in [1.29, 1.82) is 0 Å². The number of nitrogens with zero attached hydrogens (tertiary/aromatic N) is 1. The van der Waals surface area contributed by atoms with Gasteiger partial charge in [-0.3, -0.25) is 4.79 Å². The van der Waals surface area contributed by atoms with Crippen molar-refractivity contribution in [2.24, 2.45) is 0 Å². The summed E-state index contributed by atoms with van der Waals surface area (Å²) in [5.74, 6) is 2.54. The molecule has 33 heavy (non-hydrogen) atoms. The SMILES string of the molecule is COc1cc2c(cc1OC)[C@H](c1cccs1)N(C(=O)c1cc(OC)c(OC)c(OC)c1)CC2. The van der Waals surface area contributed by atoms with Gasteiger partial charge in [0.1, 0.15) is 0 Å². The third-order valence-electron chi connectivity index (χ3n) is 5.86. The van der Waals surface area contributed by atoms with Gasteiger partial charge in [-0.1, -0.05) is 6.07 Å². The molecular formula is C25H27NO6S. The molecule has 3 aromatic rings. The first kappa shape index (κ1) is 22.8. The van der Waals surface area contributed by atoms with Gasteiger partial charge in [-0.15, -0.1) is 11.3 Å². The van der Waals surface area contributed by atoms with E-state index in [1.807, 2.05) is 28.5 Å². The zero-order valence-electron chi connectivity index (χ0n) is 19.3. The van der Waals surface area contributed by atoms with Crippen molar-refractivity contribution in [2.75, 3.05) is 42.1 Å². The van der Waals surface area contributed by atoms with Crippen LogP contribution >= 0.6 is 11.3 Å². The maximum atomic E-state index is 13.9. The van der Waals surface area contributed by atoms with E-state index in [1.54, 1.807) is 37.7 Å². The standard InChI is InChI=1S/C25H27NO6S/c1-28-18-11-15-8-9-26(23(22-7-6-10-33-22)17(15)14-19(18)29-2)25(27)16-12-20(30-3)24(32-5)21(13-16)31-4/h6-7,10-14,23H,8-9H2,1-5H3/t23-/m1/s1. The number of benzene rings is 2. The highest BCUT2D eigenvalue weighted by atomic mass is 32.1. The van der Waals surface area contributed by atoms with E-state index in [0.717, 1.165) is 16.0 Å². The fraction of sp³-hybridized carbons (Fsp3) is 0.320. The number of thiophene rings is 1. The Morgan fingerprint density at radius 1 is 0.879 bits per heavy atom. The van der Waals surface area contributed by atoms with Crippen molar-refractivity contribution < 1.29 is 28.5 Å². The van der Waals surface area contributed by atoms with Gasteiger partial charge in [-0.2, -0.15) is 0 Å². The third-order valence-corrected chi connectivity index (χ3v) is 6.78. The zero-order valence-corrected chi connectivity index (χ0v) is 20.2. The lowest BCUT2D eigenvalue weighted by atomic mass is 9.90. The highest BCUT2D eigenvalue weighted by Gasteiger charge is 2.35. The lowest BCUT2D eigenvalue weighted by molar-refractivity contribution is 0.0696. The predicted octanol–water partition coefficient (Wildman–Crippen LogP) is 4.58. The molecule has 174 valence electrons. The van der Waals surface area contributed by atoms with Gasteiger partial charge in [0.2, 0.25) is 5.75 Å². The lowest BCUT2D eigenvalue weighted by Gasteiger charge is -2.37. The summed E-state index contributed by atoms with van der Waals surface area (Å²) < 4.78 is 27.4. The van der Waals surface area contributed by atoms with Crippen LogP contribution in [0.5, 0.6) is 28.7 Å².